The van der Waals surface area contributed by atoms with E-state index in [9.17, 15) is 14.7 Å². The molecule has 2 N–H and O–H groups in total. The minimum Gasteiger partial charge on any atom is -0.394 e. The molecule has 3 atom stereocenters. The zero-order chi connectivity index (χ0) is 18.1. The predicted octanol–water partition coefficient (Wildman–Crippen LogP) is 0.926. The lowest BCUT2D eigenvalue weighted by molar-refractivity contribution is -0.123. The molecule has 2 aliphatic rings. The number of carbonyl (C=O) groups excluding carboxylic acids is 2. The van der Waals surface area contributed by atoms with Gasteiger partial charge < -0.3 is 25.0 Å². The molecule has 1 aromatic carbocycles. The first-order chi connectivity index (χ1) is 12.0. The highest BCUT2D eigenvalue weighted by Crippen LogP contribution is 2.48. The van der Waals surface area contributed by atoms with Gasteiger partial charge in [0.2, 0.25) is 0 Å². The van der Waals surface area contributed by atoms with E-state index in [2.05, 4.69) is 5.32 Å². The molecule has 1 saturated heterocycles. The van der Waals surface area contributed by atoms with Crippen LogP contribution in [0.1, 0.15) is 25.3 Å². The third-order valence-electron chi connectivity index (χ3n) is 4.90. The summed E-state index contributed by atoms with van der Waals surface area (Å²) in [6, 6.07) is 7.08. The van der Waals surface area contributed by atoms with Gasteiger partial charge in [-0.2, -0.15) is 0 Å². The number of benzene rings is 1. The van der Waals surface area contributed by atoms with Crippen LogP contribution in [0.3, 0.4) is 0 Å². The average molecular weight is 347 g/mol. The Morgan fingerprint density at radius 2 is 2.08 bits per heavy atom. The Morgan fingerprint density at radius 3 is 2.72 bits per heavy atom. The molecular weight excluding hydrogens is 322 g/mol. The number of rotatable bonds is 4. The second kappa shape index (κ2) is 7.01. The number of hydrogen-bond acceptors (Lipinski definition) is 4. The average Bonchev–Trinajstić information content (AvgIpc) is 2.54. The van der Waals surface area contributed by atoms with Crippen molar-refractivity contribution in [2.45, 2.75) is 37.9 Å². The van der Waals surface area contributed by atoms with Crippen LogP contribution in [-0.2, 0) is 9.53 Å². The zero-order valence-electron chi connectivity index (χ0n) is 14.8. The first-order valence-corrected chi connectivity index (χ1v) is 8.57. The van der Waals surface area contributed by atoms with E-state index in [-0.39, 0.29) is 49.2 Å². The van der Waals surface area contributed by atoms with E-state index in [0.717, 1.165) is 11.3 Å². The number of nitrogens with one attached hydrogen (secondary N) is 1. The molecule has 0 saturated carbocycles. The lowest BCUT2D eigenvalue weighted by Gasteiger charge is -2.58. The molecule has 1 aromatic rings. The Balaban J connectivity index is 1.93. The van der Waals surface area contributed by atoms with Gasteiger partial charge in [-0.15, -0.1) is 0 Å². The van der Waals surface area contributed by atoms with Gasteiger partial charge in [-0.1, -0.05) is 18.2 Å². The van der Waals surface area contributed by atoms with Crippen LogP contribution < -0.4 is 10.2 Å². The molecule has 0 aliphatic carbocycles. The third kappa shape index (κ3) is 2.98. The fourth-order valence-corrected chi connectivity index (χ4v) is 3.93. The smallest absolute Gasteiger partial charge is 0.318 e. The third-order valence-corrected chi connectivity index (χ3v) is 4.90. The predicted molar refractivity (Wildman–Crippen MR) is 93.6 cm³/mol. The van der Waals surface area contributed by atoms with Crippen LogP contribution in [0.2, 0.25) is 0 Å². The van der Waals surface area contributed by atoms with Crippen molar-refractivity contribution in [2.24, 2.45) is 0 Å². The van der Waals surface area contributed by atoms with Crippen LogP contribution in [0.4, 0.5) is 10.5 Å². The molecular formula is C18H25N3O4. The summed E-state index contributed by atoms with van der Waals surface area (Å²) in [5, 5.41) is 12.7. The van der Waals surface area contributed by atoms with Gasteiger partial charge in [0.1, 0.15) is 6.61 Å². The molecule has 0 bridgehead atoms. The Morgan fingerprint density at radius 1 is 1.36 bits per heavy atom. The molecule has 2 heterocycles. The van der Waals surface area contributed by atoms with Crippen molar-refractivity contribution in [1.29, 1.82) is 0 Å². The van der Waals surface area contributed by atoms with E-state index < -0.39 is 0 Å². The van der Waals surface area contributed by atoms with Crippen LogP contribution >= 0.6 is 0 Å². The molecule has 0 aromatic heterocycles. The van der Waals surface area contributed by atoms with Crippen LogP contribution in [0.5, 0.6) is 0 Å². The number of carbonyl (C=O) groups is 2. The molecule has 1 fully saturated rings. The van der Waals surface area contributed by atoms with Gasteiger partial charge in [0.05, 0.1) is 18.7 Å². The number of amides is 3. The highest BCUT2D eigenvalue weighted by molar-refractivity contribution is 5.96. The summed E-state index contributed by atoms with van der Waals surface area (Å²) in [6.45, 7) is 4.09. The van der Waals surface area contributed by atoms with Crippen molar-refractivity contribution in [3.05, 3.63) is 29.8 Å². The van der Waals surface area contributed by atoms with Crippen molar-refractivity contribution < 1.29 is 19.4 Å². The van der Waals surface area contributed by atoms with Gasteiger partial charge in [0.15, 0.2) is 0 Å². The maximum Gasteiger partial charge on any atom is 0.318 e. The Kier molecular flexibility index (Phi) is 4.96. The highest BCUT2D eigenvalue weighted by Gasteiger charge is 2.55. The maximum absolute atomic E-state index is 12.5. The SMILES string of the molecule is COCC(=O)N1C[C@H]2[C@@H](c3ccccc31)[C@@H](CO)N2C(=O)NC(C)C. The molecule has 136 valence electrons. The van der Waals surface area contributed by atoms with Crippen LogP contribution in [-0.4, -0.2) is 66.9 Å². The Hall–Kier alpha value is -2.12. The van der Waals surface area contributed by atoms with E-state index in [1.54, 1.807) is 9.80 Å². The molecule has 25 heavy (non-hydrogen) atoms. The summed E-state index contributed by atoms with van der Waals surface area (Å²) in [5.74, 6) is -0.101. The van der Waals surface area contributed by atoms with Gasteiger partial charge >= 0.3 is 6.03 Å². The monoisotopic (exact) mass is 347 g/mol. The fourth-order valence-electron chi connectivity index (χ4n) is 3.93. The van der Waals surface area contributed by atoms with Crippen molar-refractivity contribution in [3.63, 3.8) is 0 Å². The molecule has 0 radical (unpaired) electrons. The molecule has 0 unspecified atom stereocenters. The molecule has 2 aliphatic heterocycles. The lowest BCUT2D eigenvalue weighted by Crippen LogP contribution is -2.72. The van der Waals surface area contributed by atoms with Crippen molar-refractivity contribution in [3.8, 4) is 0 Å². The van der Waals surface area contributed by atoms with E-state index in [1.807, 2.05) is 38.1 Å². The van der Waals surface area contributed by atoms with Crippen molar-refractivity contribution in [2.75, 3.05) is 31.8 Å². The number of aliphatic hydroxyl groups is 1. The van der Waals surface area contributed by atoms with Crippen LogP contribution in [0, 0.1) is 0 Å². The summed E-state index contributed by atoms with van der Waals surface area (Å²) in [6.07, 6.45) is 0. The molecule has 7 nitrogen and oxygen atoms in total. The van der Waals surface area contributed by atoms with Crippen LogP contribution in [0.15, 0.2) is 24.3 Å². The topological polar surface area (TPSA) is 82.1 Å². The van der Waals surface area contributed by atoms with Gasteiger partial charge in [-0.05, 0) is 25.5 Å². The van der Waals surface area contributed by atoms with E-state index in [4.69, 9.17) is 4.74 Å². The first-order valence-electron chi connectivity index (χ1n) is 8.57. The summed E-state index contributed by atoms with van der Waals surface area (Å²) in [4.78, 5) is 28.4. The second-order valence-corrected chi connectivity index (χ2v) is 6.85. The Bertz CT molecular complexity index is 663. The lowest BCUT2D eigenvalue weighted by atomic mass is 9.72. The number of nitrogens with zero attached hydrogens (tertiary/aromatic N) is 2. The molecule has 3 amide bonds. The molecule has 0 spiro atoms. The Labute approximate surface area is 147 Å². The largest absolute Gasteiger partial charge is 0.394 e. The minimum atomic E-state index is -0.274. The van der Waals surface area contributed by atoms with E-state index in [1.165, 1.54) is 7.11 Å². The quantitative estimate of drug-likeness (QED) is 0.849. The maximum atomic E-state index is 12.5. The van der Waals surface area contributed by atoms with Gasteiger partial charge in [0.25, 0.3) is 5.91 Å². The fraction of sp³-hybridized carbons (Fsp3) is 0.556. The number of aliphatic hydroxyl groups excluding tert-OH is 1. The van der Waals surface area contributed by atoms with E-state index in [0.29, 0.717) is 6.54 Å². The van der Waals surface area contributed by atoms with Crippen molar-refractivity contribution in [1.82, 2.24) is 10.2 Å². The standard InChI is InChI=1S/C18H25N3O4/c1-11(2)19-18(24)21-14-8-20(16(23)10-25-3)13-7-5-4-6-12(13)17(14)15(21)9-22/h4-7,11,14-15,17,22H,8-10H2,1-3H3,(H,19,24)/t14-,15+,17+/m0/s1. The summed E-state index contributed by atoms with van der Waals surface area (Å²) in [5.41, 5.74) is 1.84. The van der Waals surface area contributed by atoms with E-state index >= 15 is 0 Å². The molecule has 7 heteroatoms. The number of urea groups is 1. The number of ether oxygens (including phenoxy) is 1. The normalized spacial score (nSPS) is 24.4. The first kappa shape index (κ1) is 17.7. The number of para-hydroxylation sites is 1. The summed E-state index contributed by atoms with van der Waals surface area (Å²) in [7, 11) is 1.49. The van der Waals surface area contributed by atoms with Crippen LogP contribution in [0.25, 0.3) is 0 Å². The second-order valence-electron chi connectivity index (χ2n) is 6.85. The highest BCUT2D eigenvalue weighted by atomic mass is 16.5. The number of hydrogen-bond donors (Lipinski definition) is 2. The number of fused-ring (bicyclic) bond motifs is 3. The van der Waals surface area contributed by atoms with Gasteiger partial charge in [-0.25, -0.2) is 4.79 Å². The van der Waals surface area contributed by atoms with Crippen molar-refractivity contribution >= 4 is 17.6 Å². The van der Waals surface area contributed by atoms with Gasteiger partial charge in [0, 0.05) is 31.3 Å². The zero-order valence-corrected chi connectivity index (χ0v) is 14.8. The number of anilines is 1. The summed E-state index contributed by atoms with van der Waals surface area (Å²) >= 11 is 0. The molecule has 3 rings (SSSR count). The number of likely N-dealkylation sites (tertiary alicyclic amines) is 1. The van der Waals surface area contributed by atoms with Gasteiger partial charge in [-0.3, -0.25) is 4.79 Å². The summed E-state index contributed by atoms with van der Waals surface area (Å²) < 4.78 is 5.00. The minimum absolute atomic E-state index is 0.00661. The number of methoxy groups -OCH3 is 1.